The van der Waals surface area contributed by atoms with Gasteiger partial charge in [-0.2, -0.15) is 0 Å². The maximum atomic E-state index is 14.8. The number of fused-ring (bicyclic) bond motifs is 2. The van der Waals surface area contributed by atoms with E-state index >= 15 is 0 Å². The van der Waals surface area contributed by atoms with Gasteiger partial charge in [0.2, 0.25) is 17.7 Å². The summed E-state index contributed by atoms with van der Waals surface area (Å²) in [5.41, 5.74) is -0.719. The van der Waals surface area contributed by atoms with Crippen LogP contribution in [0.15, 0.2) is 54.6 Å². The molecular weight excluding hydrogens is 598 g/mol. The van der Waals surface area contributed by atoms with E-state index in [-0.39, 0.29) is 42.7 Å². The number of aliphatic hydroxyl groups is 1. The lowest BCUT2D eigenvalue weighted by molar-refractivity contribution is -0.164. The number of carbonyl (C=O) groups is 4. The highest BCUT2D eigenvalue weighted by atomic mass is 16.6. The van der Waals surface area contributed by atoms with Crippen molar-refractivity contribution < 1.29 is 33.8 Å². The van der Waals surface area contributed by atoms with Crippen molar-refractivity contribution in [2.24, 2.45) is 17.8 Å². The first kappa shape index (κ1) is 34.8. The van der Waals surface area contributed by atoms with Crippen molar-refractivity contribution in [3.8, 4) is 0 Å². The Balaban J connectivity index is 1.64. The highest BCUT2D eigenvalue weighted by Gasteiger charge is 2.72. The normalized spacial score (nSPS) is 33.4. The topological polar surface area (TPSA) is 117 Å². The molecule has 10 heteroatoms. The number of rotatable bonds is 8. The van der Waals surface area contributed by atoms with Crippen molar-refractivity contribution in [2.45, 2.75) is 109 Å². The third kappa shape index (κ3) is 6.38. The molecule has 0 radical (unpaired) electrons. The molecule has 0 bridgehead atoms. The van der Waals surface area contributed by atoms with Crippen LogP contribution in [0.5, 0.6) is 0 Å². The number of benzene rings is 1. The molecule has 0 aromatic heterocycles. The van der Waals surface area contributed by atoms with Crippen molar-refractivity contribution in [2.75, 3.05) is 20.2 Å². The van der Waals surface area contributed by atoms with Gasteiger partial charge in [-0.1, -0.05) is 81.8 Å². The van der Waals surface area contributed by atoms with Crippen LogP contribution in [0.2, 0.25) is 0 Å². The Bertz CT molecular complexity index is 1380. The number of aliphatic hydroxyl groups excluding tert-OH is 1. The van der Waals surface area contributed by atoms with Gasteiger partial charge in [0, 0.05) is 26.1 Å². The fourth-order valence-electron chi connectivity index (χ4n) is 8.03. The lowest BCUT2D eigenvalue weighted by Gasteiger charge is -2.40. The van der Waals surface area contributed by atoms with Gasteiger partial charge in [0.15, 0.2) is 0 Å². The van der Waals surface area contributed by atoms with Crippen LogP contribution in [0.25, 0.3) is 0 Å². The zero-order valence-electron chi connectivity index (χ0n) is 28.6. The van der Waals surface area contributed by atoms with E-state index in [0.29, 0.717) is 19.4 Å². The molecule has 1 spiro atoms. The van der Waals surface area contributed by atoms with Gasteiger partial charge in [0.05, 0.1) is 30.7 Å². The number of likely N-dealkylation sites (tertiary alicyclic amines) is 1. The predicted molar refractivity (Wildman–Crippen MR) is 177 cm³/mol. The maximum absolute atomic E-state index is 14.8. The van der Waals surface area contributed by atoms with Gasteiger partial charge in [0.1, 0.15) is 23.7 Å². The number of allylic oxidation sites excluding steroid dienone is 1. The van der Waals surface area contributed by atoms with E-state index in [0.717, 1.165) is 18.4 Å². The summed E-state index contributed by atoms with van der Waals surface area (Å²) < 4.78 is 13.2. The van der Waals surface area contributed by atoms with Crippen molar-refractivity contribution in [1.29, 1.82) is 0 Å². The zero-order valence-corrected chi connectivity index (χ0v) is 28.6. The van der Waals surface area contributed by atoms with Crippen LogP contribution in [0.3, 0.4) is 0 Å². The largest absolute Gasteiger partial charge is 0.455 e. The van der Waals surface area contributed by atoms with Crippen LogP contribution in [-0.4, -0.2) is 99.6 Å². The average molecular weight is 650 g/mol. The van der Waals surface area contributed by atoms with Crippen molar-refractivity contribution in [3.05, 3.63) is 60.2 Å². The number of likely N-dealkylation sites (N-methyl/N-ethyl adjacent to an activating group) is 1. The third-order valence-corrected chi connectivity index (χ3v) is 10.5. The van der Waals surface area contributed by atoms with E-state index in [1.807, 2.05) is 76.3 Å². The summed E-state index contributed by atoms with van der Waals surface area (Å²) in [6.07, 6.45) is 8.45. The van der Waals surface area contributed by atoms with Gasteiger partial charge in [-0.15, -0.1) is 0 Å². The summed E-state index contributed by atoms with van der Waals surface area (Å²) >= 11 is 0. The lowest BCUT2D eigenvalue weighted by Crippen LogP contribution is -2.59. The Morgan fingerprint density at radius 3 is 2.43 bits per heavy atom. The van der Waals surface area contributed by atoms with Gasteiger partial charge >= 0.3 is 5.97 Å². The molecule has 1 unspecified atom stereocenters. The predicted octanol–water partition coefficient (Wildman–Crippen LogP) is 4.04. The molecule has 256 valence electrons. The van der Waals surface area contributed by atoms with Gasteiger partial charge in [0.25, 0.3) is 0 Å². The van der Waals surface area contributed by atoms with E-state index in [1.165, 1.54) is 4.90 Å². The number of nitrogens with zero attached hydrogens (tertiary/aromatic N) is 3. The standard InChI is InChI=1S/C37H51N3O7/c1-7-14-24(4)39-20-13-19-37-31(34(43)40(33(37)35(39)44)27(22-41)21-23(2)3)30-28(47-37)17-11-12-18-29(42)38(6)25(5)32(46-36(30)45)26-15-9-8-10-16-26/h8-11,13,15-17,19,23-25,27-28,30-33,41H,7,12,14,18,20-22H2,1-6H3/b17-11-/t24?,25-,27+,28-,30+,31+,32+,33-,37+/m0/s1. The Morgan fingerprint density at radius 1 is 1.04 bits per heavy atom. The minimum Gasteiger partial charge on any atom is -0.455 e. The number of amides is 3. The number of esters is 1. The summed E-state index contributed by atoms with van der Waals surface area (Å²) in [5, 5.41) is 10.6. The molecule has 2 saturated heterocycles. The van der Waals surface area contributed by atoms with Gasteiger partial charge in [-0.25, -0.2) is 0 Å². The third-order valence-electron chi connectivity index (χ3n) is 10.5. The fraction of sp³-hybridized carbons (Fsp3) is 0.622. The molecule has 3 amide bonds. The summed E-state index contributed by atoms with van der Waals surface area (Å²) in [5.74, 6) is -3.30. The SMILES string of the molecule is CCCC(C)N1CC=C[C@@]23O[C@H]4/C=C\CCC(=O)N(C)[C@@H](C)[C@H](c5ccccc5)OC(=O)[C@H]4[C@@H]2C(=O)N([C@@H](CO)CC(C)C)[C@H]3C1=O. The van der Waals surface area contributed by atoms with Crippen LogP contribution >= 0.6 is 0 Å². The maximum Gasteiger partial charge on any atom is 0.313 e. The van der Waals surface area contributed by atoms with Crippen LogP contribution < -0.4 is 0 Å². The van der Waals surface area contributed by atoms with Crippen molar-refractivity contribution in [1.82, 2.24) is 14.7 Å². The smallest absolute Gasteiger partial charge is 0.313 e. The van der Waals surface area contributed by atoms with Crippen molar-refractivity contribution in [3.63, 3.8) is 0 Å². The van der Waals surface area contributed by atoms with Gasteiger partial charge < -0.3 is 29.3 Å². The Hall–Kier alpha value is -3.50. The number of ether oxygens (including phenoxy) is 2. The minimum absolute atomic E-state index is 0.0799. The molecule has 9 atom stereocenters. The molecule has 0 aliphatic carbocycles. The number of carbonyl (C=O) groups excluding carboxylic acids is 4. The summed E-state index contributed by atoms with van der Waals surface area (Å²) in [4.78, 5) is 62.1. The first-order valence-electron chi connectivity index (χ1n) is 17.2. The second kappa shape index (κ2) is 14.3. The second-order valence-corrected chi connectivity index (χ2v) is 14.1. The van der Waals surface area contributed by atoms with E-state index in [9.17, 15) is 24.3 Å². The van der Waals surface area contributed by atoms with E-state index in [4.69, 9.17) is 9.47 Å². The highest BCUT2D eigenvalue weighted by Crippen LogP contribution is 2.54. The molecule has 1 N–H and O–H groups in total. The highest BCUT2D eigenvalue weighted by molar-refractivity contribution is 5.99. The van der Waals surface area contributed by atoms with E-state index < -0.39 is 53.7 Å². The van der Waals surface area contributed by atoms with Gasteiger partial charge in [-0.05, 0) is 44.6 Å². The lowest BCUT2D eigenvalue weighted by atomic mass is 9.77. The molecule has 5 rings (SSSR count). The van der Waals surface area contributed by atoms with E-state index in [1.54, 1.807) is 22.9 Å². The molecule has 47 heavy (non-hydrogen) atoms. The average Bonchev–Trinajstić information content (AvgIpc) is 3.44. The number of hydrogen-bond acceptors (Lipinski definition) is 7. The summed E-state index contributed by atoms with van der Waals surface area (Å²) in [6.45, 7) is 9.98. The Morgan fingerprint density at radius 2 is 1.77 bits per heavy atom. The monoisotopic (exact) mass is 649 g/mol. The Kier molecular flexibility index (Phi) is 10.6. The molecule has 1 aromatic rings. The molecule has 1 aromatic carbocycles. The van der Waals surface area contributed by atoms with Crippen LogP contribution in [0, 0.1) is 17.8 Å². The Labute approximate surface area is 278 Å². The molecular formula is C37H51N3O7. The zero-order chi connectivity index (χ0) is 34.0. The quantitative estimate of drug-likeness (QED) is 0.334. The second-order valence-electron chi connectivity index (χ2n) is 14.1. The number of hydrogen-bond donors (Lipinski definition) is 1. The first-order chi connectivity index (χ1) is 22.5. The molecule has 4 aliphatic rings. The summed E-state index contributed by atoms with van der Waals surface area (Å²) in [6, 6.07) is 7.03. The first-order valence-corrected chi connectivity index (χ1v) is 17.2. The minimum atomic E-state index is -1.45. The molecule has 10 nitrogen and oxygen atoms in total. The van der Waals surface area contributed by atoms with Crippen LogP contribution in [0.1, 0.15) is 78.4 Å². The number of cyclic esters (lactones) is 1. The summed E-state index contributed by atoms with van der Waals surface area (Å²) in [7, 11) is 1.71. The van der Waals surface area contributed by atoms with E-state index in [2.05, 4.69) is 6.92 Å². The van der Waals surface area contributed by atoms with Crippen molar-refractivity contribution >= 4 is 23.7 Å². The molecule has 2 fully saturated rings. The van der Waals surface area contributed by atoms with Crippen LogP contribution in [0.4, 0.5) is 0 Å². The van der Waals surface area contributed by atoms with Crippen LogP contribution in [-0.2, 0) is 28.7 Å². The molecule has 0 saturated carbocycles. The fourth-order valence-corrected chi connectivity index (χ4v) is 8.03. The van der Waals surface area contributed by atoms with Gasteiger partial charge in [-0.3, -0.25) is 19.2 Å². The molecule has 4 heterocycles. The molecule has 4 aliphatic heterocycles.